The predicted molar refractivity (Wildman–Crippen MR) is 79.2 cm³/mol. The highest BCUT2D eigenvalue weighted by Gasteiger charge is 2.34. The normalized spacial score (nSPS) is 21.2. The first kappa shape index (κ1) is 15.5. The number of hydrogen-bond acceptors (Lipinski definition) is 3. The average Bonchev–Trinajstić information content (AvgIpc) is 2.97. The van der Waals surface area contributed by atoms with E-state index in [2.05, 4.69) is 12.2 Å². The zero-order valence-corrected chi connectivity index (χ0v) is 12.2. The van der Waals surface area contributed by atoms with Crippen LogP contribution in [0.2, 0.25) is 0 Å². The molecule has 114 valence electrons. The predicted octanol–water partition coefficient (Wildman–Crippen LogP) is 2.60. The first-order valence-corrected chi connectivity index (χ1v) is 7.38. The summed E-state index contributed by atoms with van der Waals surface area (Å²) >= 11 is 0. The number of carboxylic acids is 1. The van der Waals surface area contributed by atoms with Gasteiger partial charge in [-0.3, -0.25) is 4.79 Å². The Labute approximate surface area is 124 Å². The van der Waals surface area contributed by atoms with Crippen LogP contribution in [0.3, 0.4) is 0 Å². The summed E-state index contributed by atoms with van der Waals surface area (Å²) in [6, 6.07) is 7.74. The van der Waals surface area contributed by atoms with Crippen LogP contribution in [0.1, 0.15) is 38.2 Å². The molecule has 0 spiro atoms. The fourth-order valence-corrected chi connectivity index (χ4v) is 2.37. The van der Waals surface area contributed by atoms with Gasteiger partial charge in [0.1, 0.15) is 6.10 Å². The van der Waals surface area contributed by atoms with E-state index in [9.17, 15) is 9.59 Å². The second-order valence-corrected chi connectivity index (χ2v) is 5.32. The van der Waals surface area contributed by atoms with Crippen LogP contribution < -0.4 is 5.32 Å². The summed E-state index contributed by atoms with van der Waals surface area (Å²) in [6.07, 6.45) is 2.63. The zero-order valence-electron chi connectivity index (χ0n) is 12.2. The van der Waals surface area contributed by atoms with Crippen LogP contribution >= 0.6 is 0 Å². The molecule has 1 aliphatic heterocycles. The van der Waals surface area contributed by atoms with Crippen LogP contribution in [0.25, 0.3) is 0 Å². The fourth-order valence-electron chi connectivity index (χ4n) is 2.37. The van der Waals surface area contributed by atoms with E-state index in [1.807, 2.05) is 24.3 Å². The molecule has 1 amide bonds. The van der Waals surface area contributed by atoms with Gasteiger partial charge < -0.3 is 15.2 Å². The molecular formula is C16H21NO4. The van der Waals surface area contributed by atoms with Crippen molar-refractivity contribution < 1.29 is 19.4 Å². The van der Waals surface area contributed by atoms with E-state index in [1.54, 1.807) is 0 Å². The number of rotatable bonds is 6. The van der Waals surface area contributed by atoms with E-state index < -0.39 is 18.2 Å². The smallest absolute Gasteiger partial charge is 0.332 e. The number of unbranched alkanes of at least 4 members (excludes halogenated alkanes) is 1. The number of ether oxygens (including phenoxy) is 1. The summed E-state index contributed by atoms with van der Waals surface area (Å²) in [5, 5.41) is 11.6. The Kier molecular flexibility index (Phi) is 5.33. The molecule has 0 radical (unpaired) electrons. The number of carbonyl (C=O) groups is 2. The van der Waals surface area contributed by atoms with Crippen molar-refractivity contribution in [1.29, 1.82) is 0 Å². The van der Waals surface area contributed by atoms with Crippen LogP contribution in [0.4, 0.5) is 5.69 Å². The third kappa shape index (κ3) is 4.29. The van der Waals surface area contributed by atoms with Crippen molar-refractivity contribution in [3.63, 3.8) is 0 Å². The van der Waals surface area contributed by atoms with E-state index in [0.29, 0.717) is 18.5 Å². The Morgan fingerprint density at radius 1 is 1.24 bits per heavy atom. The van der Waals surface area contributed by atoms with Gasteiger partial charge in [-0.2, -0.15) is 0 Å². The lowest BCUT2D eigenvalue weighted by Gasteiger charge is -2.12. The number of carboxylic acid groups (broad SMARTS) is 1. The number of anilines is 1. The fraction of sp³-hybridized carbons (Fsp3) is 0.500. The number of benzene rings is 1. The Hall–Kier alpha value is -1.88. The SMILES string of the molecule is CCCCc1ccc(NC(=O)C2CCC(C(=O)O)O2)cc1. The number of carbonyl (C=O) groups excluding carboxylic acids is 1. The van der Waals surface area contributed by atoms with E-state index >= 15 is 0 Å². The van der Waals surface area contributed by atoms with Crippen LogP contribution in [0.15, 0.2) is 24.3 Å². The summed E-state index contributed by atoms with van der Waals surface area (Å²) in [6.45, 7) is 2.15. The molecule has 2 rings (SSSR count). The van der Waals surface area contributed by atoms with Gasteiger partial charge in [0.25, 0.3) is 5.91 Å². The molecule has 5 heteroatoms. The Morgan fingerprint density at radius 3 is 2.48 bits per heavy atom. The Balaban J connectivity index is 1.87. The van der Waals surface area contributed by atoms with Crippen molar-refractivity contribution in [3.05, 3.63) is 29.8 Å². The minimum atomic E-state index is -1.01. The highest BCUT2D eigenvalue weighted by Crippen LogP contribution is 2.21. The first-order valence-electron chi connectivity index (χ1n) is 7.38. The molecule has 2 unspecified atom stereocenters. The molecule has 1 saturated heterocycles. The molecule has 5 nitrogen and oxygen atoms in total. The number of aryl methyl sites for hydroxylation is 1. The van der Waals surface area contributed by atoms with E-state index in [4.69, 9.17) is 9.84 Å². The van der Waals surface area contributed by atoms with Crippen LogP contribution in [-0.2, 0) is 20.7 Å². The van der Waals surface area contributed by atoms with E-state index in [-0.39, 0.29) is 5.91 Å². The second-order valence-electron chi connectivity index (χ2n) is 5.32. The molecule has 0 bridgehead atoms. The maximum Gasteiger partial charge on any atom is 0.332 e. The summed E-state index contributed by atoms with van der Waals surface area (Å²) in [4.78, 5) is 22.8. The highest BCUT2D eigenvalue weighted by molar-refractivity contribution is 5.94. The first-order chi connectivity index (χ1) is 10.1. The molecule has 0 saturated carbocycles. The van der Waals surface area contributed by atoms with E-state index in [0.717, 1.165) is 19.3 Å². The standard InChI is InChI=1S/C16H21NO4/c1-2-3-4-11-5-7-12(8-6-11)17-15(18)13-9-10-14(21-13)16(19)20/h5-8,13-14H,2-4,9-10H2,1H3,(H,17,18)(H,19,20). The zero-order chi connectivity index (χ0) is 15.2. The van der Waals surface area contributed by atoms with Crippen molar-refractivity contribution >= 4 is 17.6 Å². The molecule has 0 aromatic heterocycles. The quantitative estimate of drug-likeness (QED) is 0.844. The maximum absolute atomic E-state index is 12.0. The highest BCUT2D eigenvalue weighted by atomic mass is 16.5. The average molecular weight is 291 g/mol. The summed E-state index contributed by atoms with van der Waals surface area (Å²) in [5.41, 5.74) is 1.96. The third-order valence-corrected chi connectivity index (χ3v) is 3.63. The molecule has 1 heterocycles. The van der Waals surface area contributed by atoms with Crippen LogP contribution in [0.5, 0.6) is 0 Å². The van der Waals surface area contributed by atoms with Gasteiger partial charge in [-0.05, 0) is 43.4 Å². The number of amides is 1. The number of aliphatic carboxylic acids is 1. The van der Waals surface area contributed by atoms with Crippen molar-refractivity contribution in [1.82, 2.24) is 0 Å². The lowest BCUT2D eigenvalue weighted by atomic mass is 10.1. The van der Waals surface area contributed by atoms with E-state index in [1.165, 1.54) is 5.56 Å². The molecule has 1 aromatic rings. The molecule has 1 aromatic carbocycles. The van der Waals surface area contributed by atoms with Gasteiger partial charge in [-0.25, -0.2) is 4.79 Å². The second kappa shape index (κ2) is 7.22. The molecule has 2 atom stereocenters. The topological polar surface area (TPSA) is 75.6 Å². The minimum Gasteiger partial charge on any atom is -0.479 e. The van der Waals surface area contributed by atoms with Crippen molar-refractivity contribution in [3.8, 4) is 0 Å². The Bertz CT molecular complexity index is 498. The van der Waals surface area contributed by atoms with Gasteiger partial charge in [0, 0.05) is 5.69 Å². The van der Waals surface area contributed by atoms with Crippen molar-refractivity contribution in [2.24, 2.45) is 0 Å². The molecule has 1 aliphatic rings. The summed E-state index contributed by atoms with van der Waals surface area (Å²) < 4.78 is 5.22. The lowest BCUT2D eigenvalue weighted by Crippen LogP contribution is -2.29. The lowest BCUT2D eigenvalue weighted by molar-refractivity contribution is -0.150. The van der Waals surface area contributed by atoms with Crippen molar-refractivity contribution in [2.75, 3.05) is 5.32 Å². The molecule has 2 N–H and O–H groups in total. The largest absolute Gasteiger partial charge is 0.479 e. The van der Waals surface area contributed by atoms with Crippen LogP contribution in [-0.4, -0.2) is 29.2 Å². The van der Waals surface area contributed by atoms with Crippen LogP contribution in [0, 0.1) is 0 Å². The molecule has 21 heavy (non-hydrogen) atoms. The molecule has 0 aliphatic carbocycles. The number of hydrogen-bond donors (Lipinski definition) is 2. The van der Waals surface area contributed by atoms with Gasteiger partial charge in [0.05, 0.1) is 0 Å². The third-order valence-electron chi connectivity index (χ3n) is 3.63. The van der Waals surface area contributed by atoms with Gasteiger partial charge in [-0.1, -0.05) is 25.5 Å². The maximum atomic E-state index is 12.0. The molecular weight excluding hydrogens is 270 g/mol. The van der Waals surface area contributed by atoms with Gasteiger partial charge in [0.15, 0.2) is 6.10 Å². The molecule has 1 fully saturated rings. The van der Waals surface area contributed by atoms with Crippen molar-refractivity contribution in [2.45, 2.75) is 51.2 Å². The monoisotopic (exact) mass is 291 g/mol. The Morgan fingerprint density at radius 2 is 1.90 bits per heavy atom. The van der Waals surface area contributed by atoms with Gasteiger partial charge >= 0.3 is 5.97 Å². The van der Waals surface area contributed by atoms with Gasteiger partial charge in [0.2, 0.25) is 0 Å². The van der Waals surface area contributed by atoms with Gasteiger partial charge in [-0.15, -0.1) is 0 Å². The summed E-state index contributed by atoms with van der Waals surface area (Å²) in [5.74, 6) is -1.29. The number of nitrogens with one attached hydrogen (secondary N) is 1. The minimum absolute atomic E-state index is 0.278. The summed E-state index contributed by atoms with van der Waals surface area (Å²) in [7, 11) is 0.